The first-order chi connectivity index (χ1) is 23.5. The maximum Gasteiger partial charge on any atom is 0.134 e. The van der Waals surface area contributed by atoms with Crippen molar-refractivity contribution < 1.29 is 9.47 Å². The lowest BCUT2D eigenvalue weighted by Gasteiger charge is -2.62. The summed E-state index contributed by atoms with van der Waals surface area (Å²) in [6, 6.07) is 26.0. The van der Waals surface area contributed by atoms with Crippen LogP contribution < -0.4 is 9.47 Å². The Kier molecular flexibility index (Phi) is 9.75. The van der Waals surface area contributed by atoms with Gasteiger partial charge in [0.2, 0.25) is 0 Å². The van der Waals surface area contributed by atoms with Crippen LogP contribution in [0.3, 0.4) is 0 Å². The van der Waals surface area contributed by atoms with Gasteiger partial charge in [0.1, 0.15) is 22.8 Å². The zero-order valence-electron chi connectivity index (χ0n) is 31.8. The quantitative estimate of drug-likeness (QED) is 0.215. The van der Waals surface area contributed by atoms with Crippen LogP contribution in [0.15, 0.2) is 72.8 Å². The molecule has 0 bridgehead atoms. The molecule has 0 N–H and O–H groups in total. The van der Waals surface area contributed by atoms with E-state index in [1.165, 1.54) is 80.9 Å². The number of aryl methyl sites for hydroxylation is 2. The van der Waals surface area contributed by atoms with Crippen molar-refractivity contribution in [3.63, 3.8) is 0 Å². The molecular formula is C47H64O2. The van der Waals surface area contributed by atoms with Gasteiger partial charge in [-0.15, -0.1) is 0 Å². The summed E-state index contributed by atoms with van der Waals surface area (Å²) in [5.74, 6) is 8.79. The first-order valence-electron chi connectivity index (χ1n) is 20.1. The second kappa shape index (κ2) is 13.8. The molecule has 2 nitrogen and oxygen atoms in total. The Morgan fingerprint density at radius 3 is 1.90 bits per heavy atom. The molecule has 3 aromatic rings. The van der Waals surface area contributed by atoms with Gasteiger partial charge >= 0.3 is 0 Å². The molecule has 0 heterocycles. The van der Waals surface area contributed by atoms with Crippen molar-refractivity contribution in [3.8, 4) is 17.2 Å². The van der Waals surface area contributed by atoms with Crippen LogP contribution in [0.1, 0.15) is 128 Å². The van der Waals surface area contributed by atoms with E-state index in [-0.39, 0.29) is 5.60 Å². The fraction of sp³-hybridized carbons (Fsp3) is 0.617. The third kappa shape index (κ3) is 6.72. The van der Waals surface area contributed by atoms with Gasteiger partial charge in [0, 0.05) is 0 Å². The molecule has 4 aliphatic rings. The summed E-state index contributed by atoms with van der Waals surface area (Å²) in [7, 11) is 0. The average molecular weight is 661 g/mol. The van der Waals surface area contributed by atoms with Crippen LogP contribution in [0.5, 0.6) is 17.2 Å². The number of hydrogen-bond acceptors (Lipinski definition) is 2. The minimum Gasteiger partial charge on any atom is -0.483 e. The summed E-state index contributed by atoms with van der Waals surface area (Å²) in [4.78, 5) is 0. The van der Waals surface area contributed by atoms with Crippen LogP contribution in [-0.4, -0.2) is 0 Å². The number of hydrogen-bond donors (Lipinski definition) is 0. The summed E-state index contributed by atoms with van der Waals surface area (Å²) in [6.07, 6.45) is 16.3. The van der Waals surface area contributed by atoms with E-state index in [4.69, 9.17) is 9.47 Å². The van der Waals surface area contributed by atoms with Gasteiger partial charge < -0.3 is 9.47 Å². The lowest BCUT2D eigenvalue weighted by atomic mass is 9.43. The van der Waals surface area contributed by atoms with Crippen molar-refractivity contribution in [2.24, 2.45) is 52.3 Å². The predicted molar refractivity (Wildman–Crippen MR) is 204 cm³/mol. The van der Waals surface area contributed by atoms with Gasteiger partial charge in [-0.05, 0) is 166 Å². The fourth-order valence-electron chi connectivity index (χ4n) is 12.1. The Labute approximate surface area is 298 Å². The molecule has 4 fully saturated rings. The molecule has 7 rings (SSSR count). The second-order valence-corrected chi connectivity index (χ2v) is 18.2. The standard InChI is InChI=1S/C47H64O2/c1-32(2)9-8-10-35(5)42-25-26-43-41-24-17-37-31-47(49-40-20-13-34(4)14-21-40,30-29-45(37,6)44(41)27-28-46(42,43)7)36-15-22-39(23-16-36)48-38-18-11-33(3)12-19-38/h11-16,18-23,32,35,37,41-44H,8-10,17,24-31H2,1-7H3. The van der Waals surface area contributed by atoms with Gasteiger partial charge in [0.05, 0.1) is 0 Å². The van der Waals surface area contributed by atoms with E-state index in [0.29, 0.717) is 16.7 Å². The Morgan fingerprint density at radius 1 is 0.633 bits per heavy atom. The van der Waals surface area contributed by atoms with Crippen LogP contribution in [0.2, 0.25) is 0 Å². The zero-order valence-corrected chi connectivity index (χ0v) is 31.8. The molecule has 9 atom stereocenters. The minimum absolute atomic E-state index is 0.318. The SMILES string of the molecule is Cc1ccc(Oc2ccc(C3(Oc4ccc(C)cc4)CCC4(C)C(CCC5C4CCC4(C)C(C(C)CCCC(C)C)CCC54)C3)cc2)cc1. The first-order valence-corrected chi connectivity index (χ1v) is 20.1. The van der Waals surface area contributed by atoms with E-state index in [1.807, 2.05) is 0 Å². The molecule has 0 amide bonds. The number of fused-ring (bicyclic) bond motifs is 5. The smallest absolute Gasteiger partial charge is 0.134 e. The van der Waals surface area contributed by atoms with E-state index in [9.17, 15) is 0 Å². The Balaban J connectivity index is 1.10. The molecule has 49 heavy (non-hydrogen) atoms. The number of benzene rings is 3. The predicted octanol–water partition coefficient (Wildman–Crippen LogP) is 13.5. The topological polar surface area (TPSA) is 18.5 Å². The van der Waals surface area contributed by atoms with E-state index in [0.717, 1.165) is 65.6 Å². The van der Waals surface area contributed by atoms with Crippen LogP contribution in [0.25, 0.3) is 0 Å². The maximum absolute atomic E-state index is 7.22. The third-order valence-electron chi connectivity index (χ3n) is 14.9. The highest BCUT2D eigenvalue weighted by atomic mass is 16.5. The summed E-state index contributed by atoms with van der Waals surface area (Å²) in [6.45, 7) is 17.1. The highest BCUT2D eigenvalue weighted by Gasteiger charge is 2.62. The molecule has 4 saturated carbocycles. The van der Waals surface area contributed by atoms with Crippen molar-refractivity contribution in [2.75, 3.05) is 0 Å². The third-order valence-corrected chi connectivity index (χ3v) is 14.9. The Morgan fingerprint density at radius 2 is 1.24 bits per heavy atom. The van der Waals surface area contributed by atoms with Gasteiger partial charge in [-0.25, -0.2) is 0 Å². The highest BCUT2D eigenvalue weighted by Crippen LogP contribution is 2.69. The molecule has 0 aromatic heterocycles. The average Bonchev–Trinajstić information content (AvgIpc) is 3.44. The van der Waals surface area contributed by atoms with Crippen LogP contribution in [0.4, 0.5) is 0 Å². The second-order valence-electron chi connectivity index (χ2n) is 18.2. The van der Waals surface area contributed by atoms with Gasteiger partial charge in [-0.3, -0.25) is 0 Å². The number of rotatable bonds is 10. The molecule has 3 aromatic carbocycles. The monoisotopic (exact) mass is 660 g/mol. The molecule has 9 unspecified atom stereocenters. The van der Waals surface area contributed by atoms with E-state index in [1.54, 1.807) is 0 Å². The highest BCUT2D eigenvalue weighted by molar-refractivity contribution is 5.38. The summed E-state index contributed by atoms with van der Waals surface area (Å²) >= 11 is 0. The van der Waals surface area contributed by atoms with Crippen molar-refractivity contribution >= 4 is 0 Å². The molecule has 0 aliphatic heterocycles. The van der Waals surface area contributed by atoms with Crippen molar-refractivity contribution in [1.82, 2.24) is 0 Å². The van der Waals surface area contributed by atoms with Crippen LogP contribution >= 0.6 is 0 Å². The summed E-state index contributed by atoms with van der Waals surface area (Å²) < 4.78 is 13.5. The maximum atomic E-state index is 7.22. The Hall–Kier alpha value is -2.74. The van der Waals surface area contributed by atoms with Gasteiger partial charge in [-0.1, -0.05) is 101 Å². The minimum atomic E-state index is -0.318. The van der Waals surface area contributed by atoms with Gasteiger partial charge in [-0.2, -0.15) is 0 Å². The molecule has 0 radical (unpaired) electrons. The summed E-state index contributed by atoms with van der Waals surface area (Å²) in [5.41, 5.74) is 4.46. The zero-order chi connectivity index (χ0) is 34.4. The molecule has 0 spiro atoms. The lowest BCUT2D eigenvalue weighted by molar-refractivity contribution is -0.148. The van der Waals surface area contributed by atoms with E-state index in [2.05, 4.69) is 121 Å². The molecule has 0 saturated heterocycles. The van der Waals surface area contributed by atoms with E-state index >= 15 is 0 Å². The van der Waals surface area contributed by atoms with Crippen molar-refractivity contribution in [2.45, 2.75) is 131 Å². The van der Waals surface area contributed by atoms with E-state index < -0.39 is 0 Å². The molecule has 264 valence electrons. The molecule has 2 heteroatoms. The Bertz CT molecular complexity index is 1540. The lowest BCUT2D eigenvalue weighted by Crippen LogP contribution is -2.56. The largest absolute Gasteiger partial charge is 0.483 e. The number of ether oxygens (including phenoxy) is 2. The normalized spacial score (nSPS) is 34.5. The van der Waals surface area contributed by atoms with Crippen molar-refractivity contribution in [1.29, 1.82) is 0 Å². The van der Waals surface area contributed by atoms with Gasteiger partial charge in [0.25, 0.3) is 0 Å². The molecule has 4 aliphatic carbocycles. The summed E-state index contributed by atoms with van der Waals surface area (Å²) in [5, 5.41) is 0. The van der Waals surface area contributed by atoms with Crippen LogP contribution in [-0.2, 0) is 5.60 Å². The first kappa shape index (κ1) is 34.7. The fourth-order valence-corrected chi connectivity index (χ4v) is 12.1. The van der Waals surface area contributed by atoms with Crippen LogP contribution in [0, 0.1) is 66.1 Å². The van der Waals surface area contributed by atoms with Gasteiger partial charge in [0.15, 0.2) is 0 Å². The molecular weight excluding hydrogens is 597 g/mol. The van der Waals surface area contributed by atoms with Crippen molar-refractivity contribution in [3.05, 3.63) is 89.5 Å².